The predicted octanol–water partition coefficient (Wildman–Crippen LogP) is 5.55. The van der Waals surface area contributed by atoms with Crippen LogP contribution in [0.1, 0.15) is 65.4 Å². The molecule has 0 radical (unpaired) electrons. The van der Waals surface area contributed by atoms with Crippen molar-refractivity contribution in [2.24, 2.45) is 18.4 Å². The molecule has 29 heavy (non-hydrogen) atoms. The van der Waals surface area contributed by atoms with E-state index in [1.807, 2.05) is 0 Å². The van der Waals surface area contributed by atoms with Crippen LogP contribution in [-0.4, -0.2) is 10.5 Å². The van der Waals surface area contributed by atoms with Crippen LogP contribution in [0.15, 0.2) is 24.3 Å². The van der Waals surface area contributed by atoms with Gasteiger partial charge in [0.1, 0.15) is 11.2 Å². The van der Waals surface area contributed by atoms with Gasteiger partial charge in [-0.1, -0.05) is 39.0 Å². The van der Waals surface area contributed by atoms with Gasteiger partial charge < -0.3 is 15.2 Å². The molecule has 0 saturated heterocycles. The number of carbonyl (C=O) groups excluding carboxylic acids is 1. The molecule has 3 aromatic rings. The molecule has 1 amide bonds. The van der Waals surface area contributed by atoms with Gasteiger partial charge in [0.25, 0.3) is 5.91 Å². The smallest absolute Gasteiger partial charge is 0.256 e. The summed E-state index contributed by atoms with van der Waals surface area (Å²) in [6.07, 6.45) is 3.07. The zero-order valence-corrected chi connectivity index (χ0v) is 18.7. The lowest BCUT2D eigenvalue weighted by molar-refractivity contribution is 0.0935. The average Bonchev–Trinajstić information content (AvgIpc) is 3.16. The normalized spacial score (nSPS) is 21.5. The number of anilines is 1. The molecule has 5 heteroatoms. The van der Waals surface area contributed by atoms with Gasteiger partial charge in [-0.2, -0.15) is 0 Å². The Morgan fingerprint density at radius 2 is 1.93 bits per heavy atom. The van der Waals surface area contributed by atoms with Crippen molar-refractivity contribution in [3.05, 3.63) is 51.5 Å². The number of thiophene rings is 1. The molecule has 2 aliphatic rings. The highest BCUT2D eigenvalue weighted by molar-refractivity contribution is 7.16. The minimum absolute atomic E-state index is 0.0720. The van der Waals surface area contributed by atoms with Gasteiger partial charge in [0.15, 0.2) is 0 Å². The summed E-state index contributed by atoms with van der Waals surface area (Å²) in [6.45, 7) is 9.13. The summed E-state index contributed by atoms with van der Waals surface area (Å²) >= 11 is 1.80. The Morgan fingerprint density at radius 3 is 2.69 bits per heavy atom. The van der Waals surface area contributed by atoms with Gasteiger partial charge in [0, 0.05) is 34.1 Å². The molecule has 0 unspecified atom stereocenters. The number of benzene rings is 1. The summed E-state index contributed by atoms with van der Waals surface area (Å²) < 4.78 is 2.21. The number of aromatic nitrogens is 1. The largest absolute Gasteiger partial charge is 0.353 e. The lowest BCUT2D eigenvalue weighted by Gasteiger charge is -2.34. The number of nitrogens with one attached hydrogen (secondary N) is 2. The molecule has 3 heterocycles. The van der Waals surface area contributed by atoms with E-state index in [0.29, 0.717) is 11.3 Å². The number of para-hydroxylation sites is 1. The Kier molecular flexibility index (Phi) is 4.11. The monoisotopic (exact) mass is 407 g/mol. The lowest BCUT2D eigenvalue weighted by Crippen LogP contribution is -2.38. The number of nitrogens with zero attached hydrogens (tertiary/aromatic N) is 1. The SMILES string of the molecule is Cc1c([C@@H]2NC(=O)c3c(sc4c3CC[C@H](C(C)(C)C)C4)N2)c2ccccc2n1C. The molecule has 2 N–H and O–H groups in total. The minimum Gasteiger partial charge on any atom is -0.353 e. The highest BCUT2D eigenvalue weighted by Gasteiger charge is 2.37. The van der Waals surface area contributed by atoms with Crippen LogP contribution in [0.3, 0.4) is 0 Å². The van der Waals surface area contributed by atoms with Crippen molar-refractivity contribution in [1.29, 1.82) is 0 Å². The van der Waals surface area contributed by atoms with E-state index in [-0.39, 0.29) is 12.1 Å². The maximum absolute atomic E-state index is 13.2. The highest BCUT2D eigenvalue weighted by atomic mass is 32.1. The van der Waals surface area contributed by atoms with E-state index in [9.17, 15) is 4.79 Å². The van der Waals surface area contributed by atoms with Crippen LogP contribution in [0, 0.1) is 18.3 Å². The molecule has 1 aromatic carbocycles. The molecule has 0 saturated carbocycles. The number of aryl methyl sites for hydroxylation is 1. The summed E-state index contributed by atoms with van der Waals surface area (Å²) in [5.41, 5.74) is 6.03. The fourth-order valence-electron chi connectivity index (χ4n) is 5.10. The second kappa shape index (κ2) is 6.36. The second-order valence-electron chi connectivity index (χ2n) is 9.64. The fourth-order valence-corrected chi connectivity index (χ4v) is 6.45. The first kappa shape index (κ1) is 18.7. The quantitative estimate of drug-likeness (QED) is 0.555. The Labute approximate surface area is 176 Å². The van der Waals surface area contributed by atoms with Gasteiger partial charge in [0.05, 0.1) is 5.56 Å². The van der Waals surface area contributed by atoms with Crippen molar-refractivity contribution in [2.75, 3.05) is 5.32 Å². The van der Waals surface area contributed by atoms with E-state index in [0.717, 1.165) is 23.4 Å². The minimum atomic E-state index is -0.195. The van der Waals surface area contributed by atoms with Crippen molar-refractivity contribution in [2.45, 2.75) is 53.1 Å². The molecule has 5 rings (SSSR count). The lowest BCUT2D eigenvalue weighted by atomic mass is 9.72. The standard InChI is InChI=1S/C24H29N3OS/c1-13-19(15-8-6-7-9-17(15)27(13)5)21-25-22(28)20-16-11-10-14(24(2,3)4)12-18(16)29-23(20)26-21/h6-9,14,21,26H,10-12H2,1-5H3,(H,25,28)/t14-,21+/m0/s1. The number of rotatable bonds is 1. The Morgan fingerprint density at radius 1 is 1.17 bits per heavy atom. The van der Waals surface area contributed by atoms with Gasteiger partial charge >= 0.3 is 0 Å². The summed E-state index contributed by atoms with van der Waals surface area (Å²) in [5, 5.41) is 9.17. The first-order chi connectivity index (χ1) is 13.8. The second-order valence-corrected chi connectivity index (χ2v) is 10.7. The van der Waals surface area contributed by atoms with E-state index in [4.69, 9.17) is 0 Å². The summed E-state index contributed by atoms with van der Waals surface area (Å²) in [5.74, 6) is 0.747. The summed E-state index contributed by atoms with van der Waals surface area (Å²) in [7, 11) is 2.09. The zero-order valence-electron chi connectivity index (χ0n) is 17.8. The average molecular weight is 408 g/mol. The Bertz CT molecular complexity index is 1130. The number of hydrogen-bond acceptors (Lipinski definition) is 3. The maximum atomic E-state index is 13.2. The van der Waals surface area contributed by atoms with Crippen LogP contribution in [0.2, 0.25) is 0 Å². The van der Waals surface area contributed by atoms with Gasteiger partial charge in [-0.25, -0.2) is 0 Å². The van der Waals surface area contributed by atoms with Crippen LogP contribution < -0.4 is 10.6 Å². The molecule has 1 aliphatic heterocycles. The van der Waals surface area contributed by atoms with Gasteiger partial charge in [-0.3, -0.25) is 4.79 Å². The topological polar surface area (TPSA) is 46.1 Å². The van der Waals surface area contributed by atoms with Crippen LogP contribution in [0.5, 0.6) is 0 Å². The van der Waals surface area contributed by atoms with Gasteiger partial charge in [0.2, 0.25) is 0 Å². The van der Waals surface area contributed by atoms with E-state index in [1.54, 1.807) is 11.3 Å². The summed E-state index contributed by atoms with van der Waals surface area (Å²) in [6, 6.07) is 8.42. The van der Waals surface area contributed by atoms with E-state index >= 15 is 0 Å². The first-order valence-electron chi connectivity index (χ1n) is 10.5. The van der Waals surface area contributed by atoms with E-state index in [1.165, 1.54) is 39.0 Å². The number of carbonyl (C=O) groups is 1. The third kappa shape index (κ3) is 2.82. The molecular weight excluding hydrogens is 378 g/mol. The molecule has 152 valence electrons. The Balaban J connectivity index is 1.54. The van der Waals surface area contributed by atoms with Gasteiger partial charge in [-0.15, -0.1) is 11.3 Å². The van der Waals surface area contributed by atoms with Crippen molar-refractivity contribution >= 4 is 33.1 Å². The van der Waals surface area contributed by atoms with Crippen LogP contribution in [0.4, 0.5) is 5.00 Å². The van der Waals surface area contributed by atoms with Crippen molar-refractivity contribution in [3.8, 4) is 0 Å². The predicted molar refractivity (Wildman–Crippen MR) is 121 cm³/mol. The van der Waals surface area contributed by atoms with Crippen LogP contribution in [0.25, 0.3) is 10.9 Å². The third-order valence-corrected chi connectivity index (χ3v) is 8.19. The van der Waals surface area contributed by atoms with E-state index < -0.39 is 0 Å². The maximum Gasteiger partial charge on any atom is 0.256 e. The Hall–Kier alpha value is -2.27. The molecule has 2 atom stereocenters. The summed E-state index contributed by atoms with van der Waals surface area (Å²) in [4.78, 5) is 14.6. The third-order valence-electron chi connectivity index (χ3n) is 7.01. The van der Waals surface area contributed by atoms with Crippen molar-refractivity contribution in [1.82, 2.24) is 9.88 Å². The highest BCUT2D eigenvalue weighted by Crippen LogP contribution is 2.46. The molecule has 2 aromatic heterocycles. The zero-order chi connectivity index (χ0) is 20.5. The van der Waals surface area contributed by atoms with Gasteiger partial charge in [-0.05, 0) is 49.1 Å². The van der Waals surface area contributed by atoms with Crippen molar-refractivity contribution in [3.63, 3.8) is 0 Å². The molecule has 0 spiro atoms. The van der Waals surface area contributed by atoms with E-state index in [2.05, 4.69) is 74.2 Å². The first-order valence-corrected chi connectivity index (χ1v) is 11.3. The van der Waals surface area contributed by atoms with Crippen LogP contribution >= 0.6 is 11.3 Å². The molecule has 4 nitrogen and oxygen atoms in total. The molecular formula is C24H29N3OS. The molecule has 1 aliphatic carbocycles. The number of fused-ring (bicyclic) bond motifs is 4. The van der Waals surface area contributed by atoms with Crippen LogP contribution in [-0.2, 0) is 19.9 Å². The fraction of sp³-hybridized carbons (Fsp3) is 0.458. The van der Waals surface area contributed by atoms with Crippen molar-refractivity contribution < 1.29 is 4.79 Å². The molecule has 0 fully saturated rings. The molecule has 0 bridgehead atoms. The number of amides is 1. The number of hydrogen-bond donors (Lipinski definition) is 2.